The summed E-state index contributed by atoms with van der Waals surface area (Å²) >= 11 is 0. The zero-order valence-corrected chi connectivity index (χ0v) is 13.9. The van der Waals surface area contributed by atoms with Crippen LogP contribution in [0.15, 0.2) is 0 Å². The first-order chi connectivity index (χ1) is 10.6. The Labute approximate surface area is 133 Å². The largest absolute Gasteiger partial charge is 0.341 e. The predicted molar refractivity (Wildman–Crippen MR) is 85.3 cm³/mol. The van der Waals surface area contributed by atoms with Crippen LogP contribution in [0.5, 0.6) is 0 Å². The maximum absolute atomic E-state index is 12.7. The molecule has 0 aromatic rings. The lowest BCUT2D eigenvalue weighted by Gasteiger charge is -2.34. The van der Waals surface area contributed by atoms with Gasteiger partial charge in [-0.25, -0.2) is 0 Å². The van der Waals surface area contributed by atoms with Crippen molar-refractivity contribution in [2.24, 2.45) is 11.8 Å². The number of likely N-dealkylation sites (tertiary alicyclic amines) is 1. The monoisotopic (exact) mass is 307 g/mol. The molecule has 3 rings (SSSR count). The average Bonchev–Trinajstić information content (AvgIpc) is 3.16. The van der Waals surface area contributed by atoms with Gasteiger partial charge in [-0.1, -0.05) is 6.92 Å². The van der Waals surface area contributed by atoms with Crippen LogP contribution in [0, 0.1) is 11.8 Å². The third kappa shape index (κ3) is 3.14. The lowest BCUT2D eigenvalue weighted by Crippen LogP contribution is -2.43. The van der Waals surface area contributed by atoms with Gasteiger partial charge in [0.2, 0.25) is 11.8 Å². The predicted octanol–water partition coefficient (Wildman–Crippen LogP) is 1.23. The van der Waals surface area contributed by atoms with E-state index in [2.05, 4.69) is 12.2 Å². The molecule has 1 aliphatic carbocycles. The summed E-state index contributed by atoms with van der Waals surface area (Å²) in [4.78, 5) is 28.9. The summed E-state index contributed by atoms with van der Waals surface area (Å²) in [6.45, 7) is 4.80. The van der Waals surface area contributed by atoms with Gasteiger partial charge in [0, 0.05) is 38.6 Å². The van der Waals surface area contributed by atoms with E-state index in [1.54, 1.807) is 0 Å². The maximum Gasteiger partial charge on any atom is 0.228 e. The molecule has 5 heteroatoms. The zero-order valence-electron chi connectivity index (χ0n) is 13.9. The Morgan fingerprint density at radius 2 is 1.95 bits per heavy atom. The zero-order chi connectivity index (χ0) is 15.7. The van der Waals surface area contributed by atoms with Crippen LogP contribution in [0.2, 0.25) is 0 Å². The standard InChI is InChI=1S/C17H29N3O2/c1-12-3-5-14(6-4-12)20-11-13(9-16(20)21)17(22)19(2)15-7-8-18-10-15/h12-15,18H,3-11H2,1-2H3. The molecular weight excluding hydrogens is 278 g/mol. The van der Waals surface area contributed by atoms with Crippen molar-refractivity contribution < 1.29 is 9.59 Å². The van der Waals surface area contributed by atoms with Crippen molar-refractivity contribution in [3.63, 3.8) is 0 Å². The van der Waals surface area contributed by atoms with E-state index in [1.807, 2.05) is 16.8 Å². The first-order valence-electron chi connectivity index (χ1n) is 8.83. The Hall–Kier alpha value is -1.10. The normalized spacial score (nSPS) is 35.9. The van der Waals surface area contributed by atoms with Crippen LogP contribution in [0.25, 0.3) is 0 Å². The summed E-state index contributed by atoms with van der Waals surface area (Å²) in [6.07, 6.45) is 6.07. The van der Waals surface area contributed by atoms with Gasteiger partial charge in [0.1, 0.15) is 0 Å². The Balaban J connectivity index is 1.57. The summed E-state index contributed by atoms with van der Waals surface area (Å²) in [6, 6.07) is 0.673. The minimum Gasteiger partial charge on any atom is -0.341 e. The number of hydrogen-bond donors (Lipinski definition) is 1. The molecule has 0 aromatic heterocycles. The van der Waals surface area contributed by atoms with Crippen LogP contribution in [0.3, 0.4) is 0 Å². The van der Waals surface area contributed by atoms with E-state index < -0.39 is 0 Å². The molecule has 2 aliphatic heterocycles. The van der Waals surface area contributed by atoms with Crippen molar-refractivity contribution in [2.45, 2.75) is 57.5 Å². The number of carbonyl (C=O) groups excluding carboxylic acids is 2. The van der Waals surface area contributed by atoms with Gasteiger partial charge < -0.3 is 15.1 Å². The summed E-state index contributed by atoms with van der Waals surface area (Å²) < 4.78 is 0. The third-order valence-corrected chi connectivity index (χ3v) is 5.86. The molecule has 2 heterocycles. The van der Waals surface area contributed by atoms with E-state index in [4.69, 9.17) is 0 Å². The number of hydrogen-bond acceptors (Lipinski definition) is 3. The van der Waals surface area contributed by atoms with Crippen molar-refractivity contribution >= 4 is 11.8 Å². The van der Waals surface area contributed by atoms with E-state index in [0.29, 0.717) is 25.0 Å². The Morgan fingerprint density at radius 1 is 1.23 bits per heavy atom. The van der Waals surface area contributed by atoms with Gasteiger partial charge >= 0.3 is 0 Å². The number of carbonyl (C=O) groups is 2. The lowest BCUT2D eigenvalue weighted by atomic mass is 9.86. The minimum atomic E-state index is -0.127. The topological polar surface area (TPSA) is 52.7 Å². The van der Waals surface area contributed by atoms with Gasteiger partial charge in [-0.15, -0.1) is 0 Å². The molecule has 2 atom stereocenters. The van der Waals surface area contributed by atoms with E-state index in [0.717, 1.165) is 38.3 Å². The highest BCUT2D eigenvalue weighted by molar-refractivity contribution is 5.89. The fourth-order valence-electron chi connectivity index (χ4n) is 4.24. The second kappa shape index (κ2) is 6.57. The van der Waals surface area contributed by atoms with Crippen LogP contribution >= 0.6 is 0 Å². The molecule has 0 radical (unpaired) electrons. The van der Waals surface area contributed by atoms with Crippen LogP contribution in [-0.2, 0) is 9.59 Å². The maximum atomic E-state index is 12.7. The number of amides is 2. The number of nitrogens with zero attached hydrogens (tertiary/aromatic N) is 2. The van der Waals surface area contributed by atoms with Crippen molar-refractivity contribution in [3.05, 3.63) is 0 Å². The summed E-state index contributed by atoms with van der Waals surface area (Å²) in [7, 11) is 1.90. The second-order valence-corrected chi connectivity index (χ2v) is 7.46. The van der Waals surface area contributed by atoms with Crippen LogP contribution in [-0.4, -0.2) is 60.4 Å². The molecule has 3 aliphatic rings. The van der Waals surface area contributed by atoms with E-state index in [-0.39, 0.29) is 17.7 Å². The average molecular weight is 307 g/mol. The van der Waals surface area contributed by atoms with Gasteiger partial charge in [-0.05, 0) is 44.6 Å². The van der Waals surface area contributed by atoms with E-state index in [1.165, 1.54) is 12.8 Å². The highest BCUT2D eigenvalue weighted by atomic mass is 16.2. The van der Waals surface area contributed by atoms with Crippen molar-refractivity contribution in [1.29, 1.82) is 0 Å². The Kier molecular flexibility index (Phi) is 4.71. The molecule has 0 spiro atoms. The van der Waals surface area contributed by atoms with Gasteiger partial charge in [-0.3, -0.25) is 9.59 Å². The number of rotatable bonds is 3. The number of nitrogens with one attached hydrogen (secondary N) is 1. The fraction of sp³-hybridized carbons (Fsp3) is 0.882. The van der Waals surface area contributed by atoms with Gasteiger partial charge in [0.25, 0.3) is 0 Å². The van der Waals surface area contributed by atoms with Crippen LogP contribution in [0.1, 0.15) is 45.4 Å². The van der Waals surface area contributed by atoms with Crippen molar-refractivity contribution in [3.8, 4) is 0 Å². The van der Waals surface area contributed by atoms with Crippen molar-refractivity contribution in [1.82, 2.24) is 15.1 Å². The smallest absolute Gasteiger partial charge is 0.228 e. The summed E-state index contributed by atoms with van der Waals surface area (Å²) in [5.74, 6) is 1.01. The molecular formula is C17H29N3O2. The van der Waals surface area contributed by atoms with Crippen LogP contribution < -0.4 is 5.32 Å². The Morgan fingerprint density at radius 3 is 2.59 bits per heavy atom. The fourth-order valence-corrected chi connectivity index (χ4v) is 4.24. The minimum absolute atomic E-state index is 0.127. The summed E-state index contributed by atoms with van der Waals surface area (Å²) in [5, 5.41) is 3.30. The van der Waals surface area contributed by atoms with E-state index >= 15 is 0 Å². The Bertz CT molecular complexity index is 426. The molecule has 2 saturated heterocycles. The second-order valence-electron chi connectivity index (χ2n) is 7.46. The summed E-state index contributed by atoms with van der Waals surface area (Å²) in [5.41, 5.74) is 0. The molecule has 2 unspecified atom stereocenters. The van der Waals surface area contributed by atoms with Gasteiger partial charge in [0.05, 0.1) is 5.92 Å². The molecule has 124 valence electrons. The first kappa shape index (κ1) is 15.8. The molecule has 0 aromatic carbocycles. The van der Waals surface area contributed by atoms with Crippen molar-refractivity contribution in [2.75, 3.05) is 26.7 Å². The molecule has 22 heavy (non-hydrogen) atoms. The highest BCUT2D eigenvalue weighted by Crippen LogP contribution is 2.31. The molecule has 5 nitrogen and oxygen atoms in total. The molecule has 3 fully saturated rings. The molecule has 1 saturated carbocycles. The molecule has 2 amide bonds. The third-order valence-electron chi connectivity index (χ3n) is 5.86. The highest BCUT2D eigenvalue weighted by Gasteiger charge is 2.40. The number of likely N-dealkylation sites (N-methyl/N-ethyl adjacent to an activating group) is 1. The SMILES string of the molecule is CC1CCC(N2CC(C(=O)N(C)C3CCNC3)CC2=O)CC1. The quantitative estimate of drug-likeness (QED) is 0.853. The van der Waals surface area contributed by atoms with Gasteiger partial charge in [0.15, 0.2) is 0 Å². The first-order valence-corrected chi connectivity index (χ1v) is 8.83. The van der Waals surface area contributed by atoms with E-state index in [9.17, 15) is 9.59 Å². The lowest BCUT2D eigenvalue weighted by molar-refractivity contribution is -0.136. The van der Waals surface area contributed by atoms with Gasteiger partial charge in [-0.2, -0.15) is 0 Å². The van der Waals surface area contributed by atoms with Crippen LogP contribution in [0.4, 0.5) is 0 Å². The molecule has 1 N–H and O–H groups in total. The molecule has 0 bridgehead atoms.